The number of benzene rings is 1. The highest BCUT2D eigenvalue weighted by molar-refractivity contribution is 6.12. The Morgan fingerprint density at radius 2 is 1.79 bits per heavy atom. The van der Waals surface area contributed by atoms with Crippen LogP contribution in [0, 0.1) is 11.3 Å². The highest BCUT2D eigenvalue weighted by atomic mass is 16.2. The number of pyridine rings is 1. The second kappa shape index (κ2) is 7.99. The first-order valence-corrected chi connectivity index (χ1v) is 11.2. The lowest BCUT2D eigenvalue weighted by Crippen LogP contribution is -2.49. The third-order valence-corrected chi connectivity index (χ3v) is 6.74. The highest BCUT2D eigenvalue weighted by Crippen LogP contribution is 2.42. The molecular formula is C25H25N7O2. The molecule has 0 bridgehead atoms. The lowest BCUT2D eigenvalue weighted by molar-refractivity contribution is 0.0735. The average molecular weight is 456 g/mol. The Bertz CT molecular complexity index is 1330. The fourth-order valence-corrected chi connectivity index (χ4v) is 4.87. The summed E-state index contributed by atoms with van der Waals surface area (Å²) < 4.78 is 1.59. The summed E-state index contributed by atoms with van der Waals surface area (Å²) >= 11 is 0. The van der Waals surface area contributed by atoms with E-state index in [9.17, 15) is 14.9 Å². The van der Waals surface area contributed by atoms with Crippen molar-refractivity contribution in [2.75, 3.05) is 36.0 Å². The minimum absolute atomic E-state index is 0.0227. The fourth-order valence-electron chi connectivity index (χ4n) is 4.87. The molecule has 1 saturated heterocycles. The summed E-state index contributed by atoms with van der Waals surface area (Å²) in [6.07, 6.45) is 5.11. The number of aryl methyl sites for hydroxylation is 1. The minimum atomic E-state index is -0.617. The Kier molecular flexibility index (Phi) is 5.09. The molecule has 0 saturated carbocycles. The van der Waals surface area contributed by atoms with Crippen molar-refractivity contribution in [3.63, 3.8) is 0 Å². The first kappa shape index (κ1) is 21.6. The summed E-state index contributed by atoms with van der Waals surface area (Å²) in [5.74, 6) is -0.125. The van der Waals surface area contributed by atoms with Crippen molar-refractivity contribution in [3.05, 3.63) is 71.3 Å². The number of carbonyl (C=O) groups excluding carboxylic acids is 2. The van der Waals surface area contributed by atoms with Gasteiger partial charge in [0.2, 0.25) is 0 Å². The van der Waals surface area contributed by atoms with E-state index in [0.29, 0.717) is 48.7 Å². The van der Waals surface area contributed by atoms with E-state index in [1.165, 1.54) is 0 Å². The van der Waals surface area contributed by atoms with Crippen LogP contribution in [0.5, 0.6) is 0 Å². The number of hydrogen-bond donors (Lipinski definition) is 0. The highest BCUT2D eigenvalue weighted by Gasteiger charge is 2.44. The van der Waals surface area contributed by atoms with Gasteiger partial charge < -0.3 is 9.80 Å². The Morgan fingerprint density at radius 3 is 2.47 bits per heavy atom. The molecule has 1 aromatic carbocycles. The zero-order valence-electron chi connectivity index (χ0n) is 19.4. The predicted octanol–water partition coefficient (Wildman–Crippen LogP) is 2.54. The van der Waals surface area contributed by atoms with E-state index in [-0.39, 0.29) is 11.8 Å². The number of carbonyl (C=O) groups is 2. The van der Waals surface area contributed by atoms with E-state index in [1.807, 2.05) is 24.8 Å². The van der Waals surface area contributed by atoms with Crippen molar-refractivity contribution < 1.29 is 9.59 Å². The number of anilines is 2. The van der Waals surface area contributed by atoms with Gasteiger partial charge in [0.05, 0.1) is 40.9 Å². The van der Waals surface area contributed by atoms with Gasteiger partial charge in [0, 0.05) is 45.0 Å². The van der Waals surface area contributed by atoms with Gasteiger partial charge in [-0.3, -0.25) is 24.2 Å². The summed E-state index contributed by atoms with van der Waals surface area (Å²) in [5, 5.41) is 13.4. The van der Waals surface area contributed by atoms with E-state index >= 15 is 0 Å². The third kappa shape index (κ3) is 3.39. The lowest BCUT2D eigenvalue weighted by atomic mass is 9.92. The van der Waals surface area contributed by atoms with E-state index in [4.69, 9.17) is 0 Å². The predicted molar refractivity (Wildman–Crippen MR) is 127 cm³/mol. The van der Waals surface area contributed by atoms with Gasteiger partial charge in [-0.2, -0.15) is 10.4 Å². The van der Waals surface area contributed by atoms with E-state index in [0.717, 1.165) is 11.3 Å². The van der Waals surface area contributed by atoms with Crippen LogP contribution in [0.15, 0.2) is 48.9 Å². The minimum Gasteiger partial charge on any atom is -0.367 e. The molecule has 4 heterocycles. The number of piperazine rings is 1. The van der Waals surface area contributed by atoms with Gasteiger partial charge in [0.25, 0.3) is 11.8 Å². The Balaban J connectivity index is 1.36. The van der Waals surface area contributed by atoms with Crippen LogP contribution in [0.1, 0.15) is 45.8 Å². The van der Waals surface area contributed by atoms with Crippen LogP contribution in [0.3, 0.4) is 0 Å². The van der Waals surface area contributed by atoms with Crippen molar-refractivity contribution in [2.45, 2.75) is 19.4 Å². The second-order valence-corrected chi connectivity index (χ2v) is 9.09. The van der Waals surface area contributed by atoms with Crippen LogP contribution >= 0.6 is 0 Å². The van der Waals surface area contributed by atoms with Gasteiger partial charge in [-0.1, -0.05) is 0 Å². The summed E-state index contributed by atoms with van der Waals surface area (Å²) in [7, 11) is 1.77. The van der Waals surface area contributed by atoms with E-state index in [1.54, 1.807) is 59.5 Å². The quantitative estimate of drug-likeness (QED) is 0.602. The van der Waals surface area contributed by atoms with Crippen LogP contribution in [-0.2, 0) is 12.6 Å². The van der Waals surface area contributed by atoms with Crippen LogP contribution in [0.2, 0.25) is 0 Å². The number of nitriles is 1. The summed E-state index contributed by atoms with van der Waals surface area (Å²) in [5.41, 5.74) is 3.55. The number of rotatable bonds is 3. The molecule has 0 radical (unpaired) electrons. The Labute approximate surface area is 197 Å². The maximum absolute atomic E-state index is 13.3. The van der Waals surface area contributed by atoms with Gasteiger partial charge in [0.1, 0.15) is 5.69 Å². The number of amides is 2. The molecule has 2 amide bonds. The van der Waals surface area contributed by atoms with Gasteiger partial charge in [-0.25, -0.2) is 0 Å². The summed E-state index contributed by atoms with van der Waals surface area (Å²) in [6.45, 7) is 6.46. The van der Waals surface area contributed by atoms with Gasteiger partial charge in [-0.05, 0) is 49.7 Å². The molecule has 0 atom stereocenters. The molecule has 2 aliphatic rings. The number of fused-ring (bicyclic) bond motifs is 1. The van der Waals surface area contributed by atoms with Crippen LogP contribution < -0.4 is 9.80 Å². The smallest absolute Gasteiger partial charge is 0.272 e. The molecule has 2 aliphatic heterocycles. The standard InChI is InChI=1S/C25H25N7O2/c1-25(2)21-12-17(14-26)4-5-20(21)23(33)32(25)19-13-18(15-27-16-19)30-8-10-31(11-9-30)24(34)22-6-7-28-29(22)3/h4-7,12-13,15-16H,8-11H2,1-3H3. The molecule has 0 unspecified atom stereocenters. The lowest BCUT2D eigenvalue weighted by Gasteiger charge is -2.37. The van der Waals surface area contributed by atoms with Crippen LogP contribution in [0.4, 0.5) is 11.4 Å². The first-order valence-electron chi connectivity index (χ1n) is 11.2. The van der Waals surface area contributed by atoms with Crippen molar-refractivity contribution >= 4 is 23.2 Å². The van der Waals surface area contributed by atoms with Gasteiger partial charge in [0.15, 0.2) is 0 Å². The zero-order valence-corrected chi connectivity index (χ0v) is 19.4. The molecule has 0 N–H and O–H groups in total. The normalized spacial score (nSPS) is 17.0. The molecule has 1 fully saturated rings. The summed E-state index contributed by atoms with van der Waals surface area (Å²) in [6, 6.07) is 11.1. The number of hydrogen-bond acceptors (Lipinski definition) is 6. The molecule has 172 valence electrons. The topological polar surface area (TPSA) is 98.4 Å². The second-order valence-electron chi connectivity index (χ2n) is 9.09. The Hall–Kier alpha value is -4.19. The maximum atomic E-state index is 13.3. The molecule has 2 aromatic heterocycles. The van der Waals surface area contributed by atoms with Crippen molar-refractivity contribution in [3.8, 4) is 6.07 Å². The van der Waals surface area contributed by atoms with Crippen molar-refractivity contribution in [1.29, 1.82) is 5.26 Å². The average Bonchev–Trinajstić information content (AvgIpc) is 3.36. The Morgan fingerprint density at radius 1 is 1.06 bits per heavy atom. The summed E-state index contributed by atoms with van der Waals surface area (Å²) in [4.78, 5) is 36.3. The molecular weight excluding hydrogens is 430 g/mol. The van der Waals surface area contributed by atoms with E-state index < -0.39 is 5.54 Å². The monoisotopic (exact) mass is 455 g/mol. The van der Waals surface area contributed by atoms with Crippen molar-refractivity contribution in [1.82, 2.24) is 19.7 Å². The molecule has 9 nitrogen and oxygen atoms in total. The molecule has 34 heavy (non-hydrogen) atoms. The number of aromatic nitrogens is 3. The largest absolute Gasteiger partial charge is 0.367 e. The van der Waals surface area contributed by atoms with Crippen LogP contribution in [-0.4, -0.2) is 57.7 Å². The first-order chi connectivity index (χ1) is 16.3. The fraction of sp³-hybridized carbons (Fsp3) is 0.320. The molecule has 0 spiro atoms. The molecule has 5 rings (SSSR count). The van der Waals surface area contributed by atoms with Gasteiger partial charge in [-0.15, -0.1) is 0 Å². The maximum Gasteiger partial charge on any atom is 0.272 e. The third-order valence-electron chi connectivity index (χ3n) is 6.74. The SMILES string of the molecule is Cn1nccc1C(=O)N1CCN(c2cncc(N3C(=O)c4ccc(C#N)cc4C3(C)C)c2)CC1. The zero-order chi connectivity index (χ0) is 24.0. The molecule has 3 aromatic rings. The molecule has 9 heteroatoms. The van der Waals surface area contributed by atoms with Gasteiger partial charge >= 0.3 is 0 Å². The van der Waals surface area contributed by atoms with Crippen LogP contribution in [0.25, 0.3) is 0 Å². The molecule has 0 aliphatic carbocycles. The number of nitrogens with zero attached hydrogens (tertiary/aromatic N) is 7. The van der Waals surface area contributed by atoms with E-state index in [2.05, 4.69) is 21.1 Å². The van der Waals surface area contributed by atoms with Crippen molar-refractivity contribution in [2.24, 2.45) is 7.05 Å².